The molecule has 2 saturated heterocycles. The van der Waals surface area contributed by atoms with Crippen LogP contribution in [0.3, 0.4) is 0 Å². The minimum Gasteiger partial charge on any atom is -0.455 e. The molecule has 0 amide bonds. The van der Waals surface area contributed by atoms with Gasteiger partial charge in [-0.15, -0.1) is 0 Å². The Kier molecular flexibility index (Phi) is 5.17. The number of ether oxygens (including phenoxy) is 3. The fourth-order valence-electron chi connectivity index (χ4n) is 5.19. The molecule has 160 valence electrons. The Morgan fingerprint density at radius 3 is 1.90 bits per heavy atom. The highest BCUT2D eigenvalue weighted by atomic mass is 28.3. The lowest BCUT2D eigenvalue weighted by Gasteiger charge is -2.48. The zero-order valence-corrected chi connectivity index (χ0v) is 19.2. The first-order valence-electron chi connectivity index (χ1n) is 10.4. The molecule has 1 unspecified atom stereocenters. The molecule has 2 fully saturated rings. The van der Waals surface area contributed by atoms with E-state index in [0.717, 1.165) is 10.4 Å². The van der Waals surface area contributed by atoms with Crippen LogP contribution in [-0.4, -0.2) is 49.0 Å². The monoisotopic (exact) mass is 426 g/mol. The average Bonchev–Trinajstić information content (AvgIpc) is 3.16. The lowest BCUT2D eigenvalue weighted by molar-refractivity contribution is -0.190. The molecule has 30 heavy (non-hydrogen) atoms. The number of hydrogen-bond donors (Lipinski definition) is 1. The van der Waals surface area contributed by atoms with Crippen molar-refractivity contribution in [2.45, 2.75) is 69.5 Å². The molecule has 0 aliphatic carbocycles. The molecule has 2 aromatic rings. The van der Waals surface area contributed by atoms with Crippen LogP contribution in [0.25, 0.3) is 0 Å². The number of benzene rings is 2. The average molecular weight is 427 g/mol. The maximum atomic E-state index is 12.6. The van der Waals surface area contributed by atoms with Gasteiger partial charge in [0, 0.05) is 0 Å². The van der Waals surface area contributed by atoms with E-state index in [1.54, 1.807) is 13.8 Å². The molecule has 0 saturated carbocycles. The lowest BCUT2D eigenvalue weighted by atomic mass is 10.1. The number of carbonyl (C=O) groups excluding carboxylic acids is 1. The van der Waals surface area contributed by atoms with Crippen LogP contribution >= 0.6 is 0 Å². The van der Waals surface area contributed by atoms with Crippen molar-refractivity contribution < 1.29 is 24.1 Å². The molecule has 2 aromatic carbocycles. The molecule has 5 nitrogen and oxygen atoms in total. The van der Waals surface area contributed by atoms with Crippen molar-refractivity contribution in [1.29, 1.82) is 0 Å². The Bertz CT molecular complexity index is 867. The van der Waals surface area contributed by atoms with Gasteiger partial charge in [-0.1, -0.05) is 91.8 Å². The molecule has 4 rings (SSSR count). The van der Waals surface area contributed by atoms with E-state index >= 15 is 0 Å². The second-order valence-electron chi connectivity index (χ2n) is 9.66. The Balaban J connectivity index is 1.89. The second-order valence-corrected chi connectivity index (χ2v) is 14.5. The first kappa shape index (κ1) is 21.2. The molecule has 4 atom stereocenters. The van der Waals surface area contributed by atoms with Crippen LogP contribution in [-0.2, 0) is 19.0 Å². The number of fused-ring (bicyclic) bond motifs is 1. The number of aliphatic hydroxyl groups is 1. The largest absolute Gasteiger partial charge is 0.455 e. The highest BCUT2D eigenvalue weighted by Gasteiger charge is 2.64. The Morgan fingerprint density at radius 1 is 0.933 bits per heavy atom. The quantitative estimate of drug-likeness (QED) is 0.601. The third kappa shape index (κ3) is 3.23. The number of hydrogen-bond acceptors (Lipinski definition) is 5. The number of esters is 1. The maximum Gasteiger partial charge on any atom is 0.338 e. The van der Waals surface area contributed by atoms with Crippen molar-refractivity contribution in [1.82, 2.24) is 0 Å². The molecule has 2 aliphatic heterocycles. The third-order valence-electron chi connectivity index (χ3n) is 6.33. The second kappa shape index (κ2) is 7.30. The molecule has 2 aliphatic rings. The molecule has 0 bridgehead atoms. The van der Waals surface area contributed by atoms with Gasteiger partial charge < -0.3 is 19.3 Å². The van der Waals surface area contributed by atoms with Crippen LogP contribution in [0, 0.1) is 0 Å². The van der Waals surface area contributed by atoms with E-state index in [2.05, 4.69) is 45.0 Å². The standard InChI is InChI=1S/C24H30O5Si/c1-23(2,3)30(16-12-8-6-9-13-16,17-14-10-7-11-15-17)22(26)20-18-19(21(25)27-20)29-24(4,5)28-18/h6-15,18-20,22,26H,1-5H3/t18-,19+,20-,22?/m0/s1. The topological polar surface area (TPSA) is 65.0 Å². The molecule has 0 radical (unpaired) electrons. The van der Waals surface area contributed by atoms with E-state index in [4.69, 9.17) is 14.2 Å². The Morgan fingerprint density at radius 2 is 1.43 bits per heavy atom. The molecular formula is C24H30O5Si. The minimum atomic E-state index is -2.91. The first-order chi connectivity index (χ1) is 14.1. The van der Waals surface area contributed by atoms with E-state index in [1.807, 2.05) is 36.4 Å². The Hall–Kier alpha value is -1.99. The smallest absolute Gasteiger partial charge is 0.338 e. The van der Waals surface area contributed by atoms with Gasteiger partial charge in [0.05, 0.1) is 5.73 Å². The third-order valence-corrected chi connectivity index (χ3v) is 12.4. The molecule has 1 N–H and O–H groups in total. The van der Waals surface area contributed by atoms with Crippen LogP contribution in [0.1, 0.15) is 34.6 Å². The normalized spacial score (nSPS) is 26.9. The summed E-state index contributed by atoms with van der Waals surface area (Å²) in [5.74, 6) is -1.36. The maximum absolute atomic E-state index is 12.6. The van der Waals surface area contributed by atoms with Gasteiger partial charge in [0.2, 0.25) is 0 Å². The van der Waals surface area contributed by atoms with Gasteiger partial charge in [-0.3, -0.25) is 0 Å². The van der Waals surface area contributed by atoms with Crippen LogP contribution in [0.15, 0.2) is 60.7 Å². The summed E-state index contributed by atoms with van der Waals surface area (Å²) in [5.41, 5.74) is -0.918. The van der Waals surface area contributed by atoms with Gasteiger partial charge in [0.25, 0.3) is 0 Å². The van der Waals surface area contributed by atoms with Crippen molar-refractivity contribution >= 4 is 24.4 Å². The van der Waals surface area contributed by atoms with E-state index in [-0.39, 0.29) is 5.04 Å². The van der Waals surface area contributed by atoms with Crippen molar-refractivity contribution in [3.63, 3.8) is 0 Å². The van der Waals surface area contributed by atoms with Crippen LogP contribution in [0.4, 0.5) is 0 Å². The number of rotatable bonds is 4. The van der Waals surface area contributed by atoms with Crippen LogP contribution in [0.2, 0.25) is 5.04 Å². The van der Waals surface area contributed by atoms with Gasteiger partial charge in [-0.25, -0.2) is 4.79 Å². The summed E-state index contributed by atoms with van der Waals surface area (Å²) in [7, 11) is -2.91. The number of aliphatic hydroxyl groups excluding tert-OH is 1. The van der Waals surface area contributed by atoms with E-state index in [1.165, 1.54) is 0 Å². The number of cyclic esters (lactones) is 1. The zero-order chi connectivity index (χ0) is 21.7. The first-order valence-corrected chi connectivity index (χ1v) is 12.5. The summed E-state index contributed by atoms with van der Waals surface area (Å²) in [5, 5.41) is 14.0. The van der Waals surface area contributed by atoms with Gasteiger partial charge in [0.15, 0.2) is 26.1 Å². The van der Waals surface area contributed by atoms with Crippen molar-refractivity contribution in [3.05, 3.63) is 60.7 Å². The molecule has 6 heteroatoms. The highest BCUT2D eigenvalue weighted by molar-refractivity contribution is 7.05. The molecular weight excluding hydrogens is 396 g/mol. The molecule has 2 heterocycles. The minimum absolute atomic E-state index is 0.283. The van der Waals surface area contributed by atoms with Gasteiger partial charge in [-0.2, -0.15) is 0 Å². The predicted molar refractivity (Wildman–Crippen MR) is 117 cm³/mol. The lowest BCUT2D eigenvalue weighted by Crippen LogP contribution is -2.75. The summed E-state index contributed by atoms with van der Waals surface area (Å²) < 4.78 is 17.6. The fourth-order valence-corrected chi connectivity index (χ4v) is 11.0. The van der Waals surface area contributed by atoms with Crippen molar-refractivity contribution in [2.24, 2.45) is 0 Å². The summed E-state index contributed by atoms with van der Waals surface area (Å²) in [6, 6.07) is 20.3. The summed E-state index contributed by atoms with van der Waals surface area (Å²) in [6.45, 7) is 10.0. The van der Waals surface area contributed by atoms with Gasteiger partial charge in [0.1, 0.15) is 6.10 Å². The van der Waals surface area contributed by atoms with Crippen molar-refractivity contribution in [3.8, 4) is 0 Å². The van der Waals surface area contributed by atoms with E-state index < -0.39 is 43.9 Å². The summed E-state index contributed by atoms with van der Waals surface area (Å²) in [4.78, 5) is 12.6. The van der Waals surface area contributed by atoms with E-state index in [0.29, 0.717) is 0 Å². The Labute approximate surface area is 179 Å². The number of carbonyl (C=O) groups is 1. The molecule has 0 spiro atoms. The van der Waals surface area contributed by atoms with Crippen LogP contribution in [0.5, 0.6) is 0 Å². The van der Waals surface area contributed by atoms with E-state index in [9.17, 15) is 9.90 Å². The predicted octanol–water partition coefficient (Wildman–Crippen LogP) is 2.40. The van der Waals surface area contributed by atoms with Gasteiger partial charge >= 0.3 is 5.97 Å². The zero-order valence-electron chi connectivity index (χ0n) is 18.2. The van der Waals surface area contributed by atoms with Crippen molar-refractivity contribution in [2.75, 3.05) is 0 Å². The van der Waals surface area contributed by atoms with Crippen LogP contribution < -0.4 is 10.4 Å². The highest BCUT2D eigenvalue weighted by Crippen LogP contribution is 2.44. The fraction of sp³-hybridized carbons (Fsp3) is 0.458. The summed E-state index contributed by atoms with van der Waals surface area (Å²) >= 11 is 0. The molecule has 0 aromatic heterocycles. The van der Waals surface area contributed by atoms with Gasteiger partial charge in [-0.05, 0) is 18.9 Å². The summed E-state index contributed by atoms with van der Waals surface area (Å²) in [6.07, 6.45) is -2.24. The SMILES string of the molecule is CC1(C)O[C@@H]2[C@@H](C(O)[Si](c3ccccc3)(c3ccccc3)C(C)(C)C)OC(=O)[C@@H]2O1.